The maximum Gasteiger partial charge on any atom is 0.0481 e. The Labute approximate surface area is 67.5 Å². The largest absolute Gasteiger partial charge is 0.321 e. The lowest BCUT2D eigenvalue weighted by molar-refractivity contribution is 0.909. The minimum Gasteiger partial charge on any atom is -0.321 e. The molecule has 1 nitrogen and oxygen atoms in total. The Balaban J connectivity index is 2.76. The summed E-state index contributed by atoms with van der Waals surface area (Å²) in [6, 6.07) is 10.1. The number of rotatable bonds is 2. The van der Waals surface area contributed by atoms with Crippen LogP contribution in [0.5, 0.6) is 0 Å². The van der Waals surface area contributed by atoms with E-state index in [1.54, 1.807) is 0 Å². The van der Waals surface area contributed by atoms with Crippen LogP contribution in [0.25, 0.3) is 0 Å². The zero-order chi connectivity index (χ0) is 8.10. The van der Waals surface area contributed by atoms with Crippen molar-refractivity contribution in [1.82, 2.24) is 0 Å². The van der Waals surface area contributed by atoms with Crippen LogP contribution < -0.4 is 5.73 Å². The van der Waals surface area contributed by atoms with Gasteiger partial charge in [0.15, 0.2) is 0 Å². The minimum atomic E-state index is 0.0428. The molecule has 1 aromatic rings. The number of benzene rings is 1. The maximum atomic E-state index is 5.82. The van der Waals surface area contributed by atoms with Gasteiger partial charge in [-0.1, -0.05) is 42.5 Å². The molecule has 0 spiro atoms. The van der Waals surface area contributed by atoms with E-state index in [0.29, 0.717) is 0 Å². The van der Waals surface area contributed by atoms with Crippen molar-refractivity contribution in [2.45, 2.75) is 13.0 Å². The van der Waals surface area contributed by atoms with Crippen molar-refractivity contribution in [2.24, 2.45) is 5.73 Å². The molecule has 1 heteroatoms. The van der Waals surface area contributed by atoms with Crippen LogP contribution in [-0.2, 0) is 0 Å². The molecule has 1 rings (SSSR count). The van der Waals surface area contributed by atoms with Crippen LogP contribution in [0.1, 0.15) is 18.5 Å². The summed E-state index contributed by atoms with van der Waals surface area (Å²) in [5, 5.41) is 0. The fraction of sp³-hybridized carbons (Fsp3) is 0.200. The molecule has 0 saturated heterocycles. The molecule has 0 bridgehead atoms. The van der Waals surface area contributed by atoms with E-state index < -0.39 is 0 Å². The van der Waals surface area contributed by atoms with E-state index >= 15 is 0 Å². The first-order valence-electron chi connectivity index (χ1n) is 3.78. The summed E-state index contributed by atoms with van der Waals surface area (Å²) < 4.78 is 0. The van der Waals surface area contributed by atoms with Crippen LogP contribution in [0.4, 0.5) is 0 Å². The lowest BCUT2D eigenvalue weighted by atomic mass is 10.1. The Hall–Kier alpha value is -1.08. The molecule has 1 atom stereocenters. The van der Waals surface area contributed by atoms with Crippen LogP contribution >= 0.6 is 0 Å². The van der Waals surface area contributed by atoms with Crippen LogP contribution in [0.3, 0.4) is 0 Å². The zero-order valence-electron chi connectivity index (χ0n) is 6.70. The van der Waals surface area contributed by atoms with Gasteiger partial charge in [-0.3, -0.25) is 0 Å². The van der Waals surface area contributed by atoms with E-state index in [1.807, 2.05) is 49.4 Å². The standard InChI is InChI=1S/C10H13N/c1-2-6-10(11)9-7-4-3-5-8-9/h2-8,10H,11H2,1H3. The summed E-state index contributed by atoms with van der Waals surface area (Å²) in [6.07, 6.45) is 3.95. The smallest absolute Gasteiger partial charge is 0.0481 e. The lowest BCUT2D eigenvalue weighted by Gasteiger charge is -2.04. The molecule has 0 aliphatic rings. The molecule has 0 heterocycles. The predicted molar refractivity (Wildman–Crippen MR) is 48.2 cm³/mol. The van der Waals surface area contributed by atoms with Crippen molar-refractivity contribution in [1.29, 1.82) is 0 Å². The third-order valence-electron chi connectivity index (χ3n) is 1.58. The van der Waals surface area contributed by atoms with Gasteiger partial charge < -0.3 is 5.73 Å². The molecule has 0 aliphatic carbocycles. The molecule has 2 N–H and O–H groups in total. The highest BCUT2D eigenvalue weighted by Crippen LogP contribution is 2.09. The highest BCUT2D eigenvalue weighted by molar-refractivity contribution is 5.21. The van der Waals surface area contributed by atoms with Gasteiger partial charge >= 0.3 is 0 Å². The molecular weight excluding hydrogens is 134 g/mol. The van der Waals surface area contributed by atoms with E-state index in [1.165, 1.54) is 0 Å². The number of hydrogen-bond donors (Lipinski definition) is 1. The molecule has 0 fully saturated rings. The Bertz CT molecular complexity index is 226. The Morgan fingerprint density at radius 1 is 1.27 bits per heavy atom. The van der Waals surface area contributed by atoms with Gasteiger partial charge in [0.05, 0.1) is 0 Å². The molecule has 0 aromatic heterocycles. The highest BCUT2D eigenvalue weighted by Gasteiger charge is 1.97. The Morgan fingerprint density at radius 2 is 1.91 bits per heavy atom. The molecule has 58 valence electrons. The molecule has 11 heavy (non-hydrogen) atoms. The van der Waals surface area contributed by atoms with Crippen molar-refractivity contribution >= 4 is 0 Å². The molecule has 1 unspecified atom stereocenters. The van der Waals surface area contributed by atoms with Gasteiger partial charge in [0.1, 0.15) is 0 Å². The van der Waals surface area contributed by atoms with E-state index in [0.717, 1.165) is 5.56 Å². The fourth-order valence-electron chi connectivity index (χ4n) is 0.994. The SMILES string of the molecule is CC=CC(N)c1ccccc1. The average Bonchev–Trinajstić information content (AvgIpc) is 2.07. The average molecular weight is 147 g/mol. The summed E-state index contributed by atoms with van der Waals surface area (Å²) >= 11 is 0. The Morgan fingerprint density at radius 3 is 2.45 bits per heavy atom. The van der Waals surface area contributed by atoms with Gasteiger partial charge in [-0.2, -0.15) is 0 Å². The maximum absolute atomic E-state index is 5.82. The second-order valence-electron chi connectivity index (χ2n) is 2.46. The summed E-state index contributed by atoms with van der Waals surface area (Å²) in [7, 11) is 0. The van der Waals surface area contributed by atoms with Crippen molar-refractivity contribution in [2.75, 3.05) is 0 Å². The van der Waals surface area contributed by atoms with Crippen LogP contribution in [0, 0.1) is 0 Å². The molecule has 1 aromatic carbocycles. The summed E-state index contributed by atoms with van der Waals surface area (Å²) in [5.41, 5.74) is 6.98. The first-order chi connectivity index (χ1) is 5.34. The van der Waals surface area contributed by atoms with Gasteiger partial charge in [-0.15, -0.1) is 0 Å². The molecule has 0 radical (unpaired) electrons. The highest BCUT2D eigenvalue weighted by atomic mass is 14.6. The molecular formula is C10H13N. The van der Waals surface area contributed by atoms with Crippen molar-refractivity contribution < 1.29 is 0 Å². The van der Waals surface area contributed by atoms with E-state index in [2.05, 4.69) is 0 Å². The molecule has 0 saturated carbocycles. The van der Waals surface area contributed by atoms with Crippen LogP contribution in [-0.4, -0.2) is 0 Å². The molecule has 0 amide bonds. The fourth-order valence-corrected chi connectivity index (χ4v) is 0.994. The van der Waals surface area contributed by atoms with E-state index in [-0.39, 0.29) is 6.04 Å². The third kappa shape index (κ3) is 2.20. The molecule has 0 aliphatic heterocycles. The normalized spacial score (nSPS) is 13.6. The van der Waals surface area contributed by atoms with Crippen LogP contribution in [0.2, 0.25) is 0 Å². The minimum absolute atomic E-state index is 0.0428. The van der Waals surface area contributed by atoms with Gasteiger partial charge in [0.25, 0.3) is 0 Å². The second kappa shape index (κ2) is 3.94. The van der Waals surface area contributed by atoms with Gasteiger partial charge in [-0.05, 0) is 12.5 Å². The van der Waals surface area contributed by atoms with Gasteiger partial charge in [0, 0.05) is 6.04 Å². The summed E-state index contributed by atoms with van der Waals surface area (Å²) in [4.78, 5) is 0. The lowest BCUT2D eigenvalue weighted by Crippen LogP contribution is -2.05. The topological polar surface area (TPSA) is 26.0 Å². The summed E-state index contributed by atoms with van der Waals surface area (Å²) in [6.45, 7) is 1.98. The summed E-state index contributed by atoms with van der Waals surface area (Å²) in [5.74, 6) is 0. The number of nitrogens with two attached hydrogens (primary N) is 1. The number of hydrogen-bond acceptors (Lipinski definition) is 1. The van der Waals surface area contributed by atoms with Crippen molar-refractivity contribution in [3.05, 3.63) is 48.0 Å². The van der Waals surface area contributed by atoms with Crippen molar-refractivity contribution in [3.63, 3.8) is 0 Å². The quantitative estimate of drug-likeness (QED) is 0.638. The van der Waals surface area contributed by atoms with Gasteiger partial charge in [-0.25, -0.2) is 0 Å². The first kappa shape index (κ1) is 8.02. The van der Waals surface area contributed by atoms with Crippen LogP contribution in [0.15, 0.2) is 42.5 Å². The van der Waals surface area contributed by atoms with E-state index in [4.69, 9.17) is 5.73 Å². The van der Waals surface area contributed by atoms with Crippen molar-refractivity contribution in [3.8, 4) is 0 Å². The van der Waals surface area contributed by atoms with E-state index in [9.17, 15) is 0 Å². The third-order valence-corrected chi connectivity index (χ3v) is 1.58. The monoisotopic (exact) mass is 147 g/mol. The predicted octanol–water partition coefficient (Wildman–Crippen LogP) is 2.26. The number of allylic oxidation sites excluding steroid dienone is 1. The second-order valence-corrected chi connectivity index (χ2v) is 2.46. The first-order valence-corrected chi connectivity index (χ1v) is 3.78. The zero-order valence-corrected chi connectivity index (χ0v) is 6.70. The Kier molecular flexibility index (Phi) is 2.87. The van der Waals surface area contributed by atoms with Gasteiger partial charge in [0.2, 0.25) is 0 Å².